The average Bonchev–Trinajstić information content (AvgIpc) is 2.97. The van der Waals surface area contributed by atoms with Gasteiger partial charge in [0.15, 0.2) is 11.6 Å². The summed E-state index contributed by atoms with van der Waals surface area (Å²) < 4.78 is 29.5. The lowest BCUT2D eigenvalue weighted by Crippen LogP contribution is -2.34. The molecular weight excluding hydrogens is 320 g/mol. The third-order valence-corrected chi connectivity index (χ3v) is 5.07. The maximum atomic E-state index is 14.0. The van der Waals surface area contributed by atoms with E-state index < -0.39 is 11.6 Å². The highest BCUT2D eigenvalue weighted by Crippen LogP contribution is 2.30. The van der Waals surface area contributed by atoms with Gasteiger partial charge in [0.25, 0.3) is 0 Å². The highest BCUT2D eigenvalue weighted by molar-refractivity contribution is 5.54. The van der Waals surface area contributed by atoms with Gasteiger partial charge in [-0.25, -0.2) is 13.8 Å². The van der Waals surface area contributed by atoms with Crippen molar-refractivity contribution in [2.24, 2.45) is 0 Å². The second kappa shape index (κ2) is 6.56. The number of aryl methyl sites for hydroxylation is 1. The molecule has 3 aromatic rings. The Balaban J connectivity index is 1.57. The molecule has 4 rings (SSSR count). The number of benzene rings is 1. The third-order valence-electron chi connectivity index (χ3n) is 5.07. The summed E-state index contributed by atoms with van der Waals surface area (Å²) in [4.78, 5) is 6.99. The lowest BCUT2D eigenvalue weighted by molar-refractivity contribution is 0.196. The predicted molar refractivity (Wildman–Crippen MR) is 93.5 cm³/mol. The molecule has 1 aromatic carbocycles. The van der Waals surface area contributed by atoms with Crippen molar-refractivity contribution < 1.29 is 8.78 Å². The lowest BCUT2D eigenvalue weighted by atomic mass is 9.93. The minimum absolute atomic E-state index is 0.316. The number of rotatable bonds is 3. The Bertz CT molecular complexity index is 903. The molecule has 0 amide bonds. The topological polar surface area (TPSA) is 20.5 Å². The van der Waals surface area contributed by atoms with Gasteiger partial charge < -0.3 is 4.40 Å². The second-order valence-corrected chi connectivity index (χ2v) is 6.79. The zero-order valence-corrected chi connectivity index (χ0v) is 14.3. The Hall–Kier alpha value is -2.27. The molecule has 130 valence electrons. The van der Waals surface area contributed by atoms with Crippen molar-refractivity contribution in [3.63, 3.8) is 0 Å². The standard InChI is InChI=1S/C20H21F2N3/c1-14-23-20(18-9-2-3-11-25(14)18)16-7-5-10-24(13-16)12-15-6-4-8-17(21)19(15)22/h2-4,6,8-9,11,16H,5,7,10,12-13H2,1H3. The summed E-state index contributed by atoms with van der Waals surface area (Å²) in [5, 5.41) is 0. The zero-order valence-electron chi connectivity index (χ0n) is 14.3. The Morgan fingerprint density at radius 1 is 1.16 bits per heavy atom. The number of pyridine rings is 1. The largest absolute Gasteiger partial charge is 0.304 e. The van der Waals surface area contributed by atoms with Gasteiger partial charge in [0.05, 0.1) is 11.2 Å². The first-order valence-corrected chi connectivity index (χ1v) is 8.72. The van der Waals surface area contributed by atoms with Crippen LogP contribution in [-0.4, -0.2) is 27.4 Å². The summed E-state index contributed by atoms with van der Waals surface area (Å²) in [6.45, 7) is 4.16. The van der Waals surface area contributed by atoms with Crippen molar-refractivity contribution in [1.82, 2.24) is 14.3 Å². The van der Waals surface area contributed by atoms with Crippen LogP contribution in [0.3, 0.4) is 0 Å². The number of imidazole rings is 1. The van der Waals surface area contributed by atoms with Crippen LogP contribution in [-0.2, 0) is 6.54 Å². The van der Waals surface area contributed by atoms with E-state index in [9.17, 15) is 8.78 Å². The highest BCUT2D eigenvalue weighted by Gasteiger charge is 2.26. The molecule has 3 nitrogen and oxygen atoms in total. The van der Waals surface area contributed by atoms with E-state index in [1.807, 2.05) is 25.3 Å². The molecule has 25 heavy (non-hydrogen) atoms. The van der Waals surface area contributed by atoms with Crippen LogP contribution in [0, 0.1) is 18.6 Å². The average molecular weight is 341 g/mol. The fourth-order valence-corrected chi connectivity index (χ4v) is 3.85. The summed E-state index contributed by atoms with van der Waals surface area (Å²) in [5.74, 6) is -0.204. The van der Waals surface area contributed by atoms with E-state index >= 15 is 0 Å². The van der Waals surface area contributed by atoms with Gasteiger partial charge in [0, 0.05) is 30.8 Å². The summed E-state index contributed by atoms with van der Waals surface area (Å²) in [6.07, 6.45) is 4.14. The van der Waals surface area contributed by atoms with Crippen LogP contribution in [0.5, 0.6) is 0 Å². The summed E-state index contributed by atoms with van der Waals surface area (Å²) in [5.41, 5.74) is 2.68. The SMILES string of the molecule is Cc1nc(C2CCCN(Cc3cccc(F)c3F)C2)c2ccccn12. The van der Waals surface area contributed by atoms with Gasteiger partial charge in [-0.2, -0.15) is 0 Å². The van der Waals surface area contributed by atoms with Crippen molar-refractivity contribution >= 4 is 5.52 Å². The number of hydrogen-bond donors (Lipinski definition) is 0. The molecule has 1 aliphatic heterocycles. The van der Waals surface area contributed by atoms with Crippen LogP contribution in [0.2, 0.25) is 0 Å². The molecule has 2 aromatic heterocycles. The van der Waals surface area contributed by atoms with Gasteiger partial charge in [-0.3, -0.25) is 4.90 Å². The van der Waals surface area contributed by atoms with Crippen LogP contribution >= 0.6 is 0 Å². The maximum Gasteiger partial charge on any atom is 0.163 e. The quantitative estimate of drug-likeness (QED) is 0.708. The van der Waals surface area contributed by atoms with E-state index in [1.165, 1.54) is 0 Å². The molecule has 3 heterocycles. The normalized spacial score (nSPS) is 18.8. The van der Waals surface area contributed by atoms with Crippen LogP contribution in [0.1, 0.15) is 35.8 Å². The minimum Gasteiger partial charge on any atom is -0.304 e. The van der Waals surface area contributed by atoms with Gasteiger partial charge in [0.2, 0.25) is 0 Å². The smallest absolute Gasteiger partial charge is 0.163 e. The molecule has 1 aliphatic rings. The molecule has 0 N–H and O–H groups in total. The summed E-state index contributed by atoms with van der Waals surface area (Å²) >= 11 is 0. The fraction of sp³-hybridized carbons (Fsp3) is 0.350. The molecule has 1 saturated heterocycles. The summed E-state index contributed by atoms with van der Waals surface area (Å²) in [7, 11) is 0. The van der Waals surface area contributed by atoms with Gasteiger partial charge in [-0.15, -0.1) is 0 Å². The number of nitrogens with zero attached hydrogens (tertiary/aromatic N) is 3. The van der Waals surface area contributed by atoms with Gasteiger partial charge in [0.1, 0.15) is 5.82 Å². The van der Waals surface area contributed by atoms with E-state index in [0.29, 0.717) is 18.0 Å². The Kier molecular flexibility index (Phi) is 4.25. The first-order valence-electron chi connectivity index (χ1n) is 8.72. The van der Waals surface area contributed by atoms with Crippen LogP contribution in [0.4, 0.5) is 8.78 Å². The Morgan fingerprint density at radius 2 is 2.04 bits per heavy atom. The van der Waals surface area contributed by atoms with E-state index in [1.54, 1.807) is 12.1 Å². The lowest BCUT2D eigenvalue weighted by Gasteiger charge is -2.32. The Morgan fingerprint density at radius 3 is 2.92 bits per heavy atom. The number of likely N-dealkylation sites (tertiary alicyclic amines) is 1. The maximum absolute atomic E-state index is 14.0. The predicted octanol–water partition coefficient (Wildman–Crippen LogP) is 4.30. The van der Waals surface area contributed by atoms with Crippen LogP contribution in [0.15, 0.2) is 42.6 Å². The fourth-order valence-electron chi connectivity index (χ4n) is 3.85. The van der Waals surface area contributed by atoms with Crippen LogP contribution in [0.25, 0.3) is 5.52 Å². The minimum atomic E-state index is -0.776. The molecule has 0 bridgehead atoms. The van der Waals surface area contributed by atoms with Crippen LogP contribution < -0.4 is 0 Å². The molecule has 0 aliphatic carbocycles. The van der Waals surface area contributed by atoms with Gasteiger partial charge in [-0.1, -0.05) is 18.2 Å². The second-order valence-electron chi connectivity index (χ2n) is 6.79. The number of halogens is 2. The molecule has 5 heteroatoms. The van der Waals surface area contributed by atoms with Crippen molar-refractivity contribution in [3.05, 3.63) is 71.3 Å². The van der Waals surface area contributed by atoms with Crippen molar-refractivity contribution in [1.29, 1.82) is 0 Å². The van der Waals surface area contributed by atoms with Crippen molar-refractivity contribution in [2.75, 3.05) is 13.1 Å². The van der Waals surface area contributed by atoms with Gasteiger partial charge >= 0.3 is 0 Å². The zero-order chi connectivity index (χ0) is 17.4. The van der Waals surface area contributed by atoms with E-state index in [2.05, 4.69) is 15.4 Å². The first kappa shape index (κ1) is 16.2. The van der Waals surface area contributed by atoms with E-state index in [4.69, 9.17) is 4.98 Å². The van der Waals surface area contributed by atoms with E-state index in [0.717, 1.165) is 49.0 Å². The molecule has 0 radical (unpaired) electrons. The molecule has 0 saturated carbocycles. The van der Waals surface area contributed by atoms with Crippen molar-refractivity contribution in [3.8, 4) is 0 Å². The molecule has 1 fully saturated rings. The van der Waals surface area contributed by atoms with E-state index in [-0.39, 0.29) is 0 Å². The third kappa shape index (κ3) is 3.04. The Labute approximate surface area is 145 Å². The van der Waals surface area contributed by atoms with Crippen molar-refractivity contribution in [2.45, 2.75) is 32.2 Å². The molecular formula is C20H21F2N3. The first-order chi connectivity index (χ1) is 12.1. The molecule has 1 unspecified atom stereocenters. The van der Waals surface area contributed by atoms with Gasteiger partial charge in [-0.05, 0) is 44.5 Å². The number of fused-ring (bicyclic) bond motifs is 1. The molecule has 1 atom stereocenters. The number of piperidine rings is 1. The monoisotopic (exact) mass is 341 g/mol. The number of aromatic nitrogens is 2. The molecule has 0 spiro atoms. The highest BCUT2D eigenvalue weighted by atomic mass is 19.2. The summed E-state index contributed by atoms with van der Waals surface area (Å²) in [6, 6.07) is 10.5. The number of hydrogen-bond acceptors (Lipinski definition) is 2.